The van der Waals surface area contributed by atoms with Gasteiger partial charge < -0.3 is 10.1 Å². The van der Waals surface area contributed by atoms with Crippen molar-refractivity contribution in [3.63, 3.8) is 0 Å². The highest BCUT2D eigenvalue weighted by Gasteiger charge is 2.26. The van der Waals surface area contributed by atoms with Crippen LogP contribution in [0.4, 0.5) is 0 Å². The van der Waals surface area contributed by atoms with Crippen molar-refractivity contribution in [1.29, 1.82) is 0 Å². The Bertz CT molecular complexity index is 787. The van der Waals surface area contributed by atoms with E-state index in [0.717, 1.165) is 4.88 Å². The van der Waals surface area contributed by atoms with E-state index in [-0.39, 0.29) is 5.91 Å². The average Bonchev–Trinajstić information content (AvgIpc) is 3.31. The number of hydrogen-bond donors (Lipinski definition) is 1. The monoisotopic (exact) mass is 358 g/mol. The SMILES string of the molecule is O=C(O[C@H](C(=O)NCc1cccs1)c1ccncc1)c1cccs1. The number of rotatable bonds is 6. The average molecular weight is 358 g/mol. The fourth-order valence-electron chi connectivity index (χ4n) is 2.05. The molecule has 0 saturated carbocycles. The number of carbonyl (C=O) groups is 2. The molecule has 1 atom stereocenters. The maximum atomic E-state index is 12.5. The van der Waals surface area contributed by atoms with Crippen LogP contribution in [0.2, 0.25) is 0 Å². The third-order valence-corrected chi connectivity index (χ3v) is 4.94. The zero-order chi connectivity index (χ0) is 16.8. The van der Waals surface area contributed by atoms with Gasteiger partial charge in [-0.1, -0.05) is 12.1 Å². The number of esters is 1. The van der Waals surface area contributed by atoms with Crippen LogP contribution in [0.25, 0.3) is 0 Å². The van der Waals surface area contributed by atoms with Gasteiger partial charge in [-0.15, -0.1) is 22.7 Å². The number of nitrogens with one attached hydrogen (secondary N) is 1. The molecular weight excluding hydrogens is 344 g/mol. The summed E-state index contributed by atoms with van der Waals surface area (Å²) in [6.45, 7) is 0.397. The molecule has 0 aromatic carbocycles. The number of aromatic nitrogens is 1. The van der Waals surface area contributed by atoms with Gasteiger partial charge in [0.25, 0.3) is 5.91 Å². The van der Waals surface area contributed by atoms with E-state index in [1.54, 1.807) is 53.4 Å². The molecule has 3 aromatic heterocycles. The molecule has 0 unspecified atom stereocenters. The number of hydrogen-bond acceptors (Lipinski definition) is 6. The second-order valence-electron chi connectivity index (χ2n) is 4.84. The van der Waals surface area contributed by atoms with Crippen LogP contribution in [-0.2, 0) is 16.1 Å². The summed E-state index contributed by atoms with van der Waals surface area (Å²) in [5.74, 6) is -0.877. The van der Waals surface area contributed by atoms with Crippen molar-refractivity contribution in [3.8, 4) is 0 Å². The van der Waals surface area contributed by atoms with E-state index >= 15 is 0 Å². The van der Waals surface area contributed by atoms with Gasteiger partial charge in [-0.25, -0.2) is 4.79 Å². The second kappa shape index (κ2) is 7.85. The van der Waals surface area contributed by atoms with Gasteiger partial charge in [0, 0.05) is 22.8 Å². The molecule has 0 radical (unpaired) electrons. The Hall–Kier alpha value is -2.51. The second-order valence-corrected chi connectivity index (χ2v) is 6.82. The molecule has 3 aromatic rings. The van der Waals surface area contributed by atoms with Crippen molar-refractivity contribution in [3.05, 3.63) is 74.9 Å². The molecule has 0 saturated heterocycles. The van der Waals surface area contributed by atoms with Gasteiger partial charge in [0.05, 0.1) is 6.54 Å². The maximum absolute atomic E-state index is 12.5. The zero-order valence-electron chi connectivity index (χ0n) is 12.5. The number of amides is 1. The van der Waals surface area contributed by atoms with Crippen molar-refractivity contribution < 1.29 is 14.3 Å². The topological polar surface area (TPSA) is 68.3 Å². The van der Waals surface area contributed by atoms with Crippen LogP contribution in [0, 0.1) is 0 Å². The minimum absolute atomic E-state index is 0.362. The van der Waals surface area contributed by atoms with Crippen molar-refractivity contribution in [2.75, 3.05) is 0 Å². The minimum Gasteiger partial charge on any atom is -0.443 e. The van der Waals surface area contributed by atoms with E-state index in [4.69, 9.17) is 4.74 Å². The van der Waals surface area contributed by atoms with Gasteiger partial charge in [-0.05, 0) is 35.0 Å². The first kappa shape index (κ1) is 16.4. The lowest BCUT2D eigenvalue weighted by atomic mass is 10.1. The highest BCUT2D eigenvalue weighted by atomic mass is 32.1. The molecule has 0 aliphatic heterocycles. The lowest BCUT2D eigenvalue weighted by Gasteiger charge is -2.17. The van der Waals surface area contributed by atoms with Crippen LogP contribution in [0.3, 0.4) is 0 Å². The van der Waals surface area contributed by atoms with Crippen molar-refractivity contribution in [2.24, 2.45) is 0 Å². The van der Waals surface area contributed by atoms with Crippen LogP contribution < -0.4 is 5.32 Å². The number of pyridine rings is 1. The Labute approximate surface area is 146 Å². The number of ether oxygens (including phenoxy) is 1. The first-order valence-electron chi connectivity index (χ1n) is 7.18. The lowest BCUT2D eigenvalue weighted by molar-refractivity contribution is -0.130. The van der Waals surface area contributed by atoms with Gasteiger partial charge >= 0.3 is 5.97 Å². The molecule has 24 heavy (non-hydrogen) atoms. The molecule has 0 bridgehead atoms. The molecule has 7 heteroatoms. The quantitative estimate of drug-likeness (QED) is 0.686. The van der Waals surface area contributed by atoms with Crippen LogP contribution in [0.15, 0.2) is 59.6 Å². The van der Waals surface area contributed by atoms with E-state index in [9.17, 15) is 9.59 Å². The van der Waals surface area contributed by atoms with Gasteiger partial charge in [0.15, 0.2) is 0 Å². The summed E-state index contributed by atoms with van der Waals surface area (Å²) in [6.07, 6.45) is 2.12. The minimum atomic E-state index is -1.01. The smallest absolute Gasteiger partial charge is 0.349 e. The number of nitrogens with zero attached hydrogens (tertiary/aromatic N) is 1. The fourth-order valence-corrected chi connectivity index (χ4v) is 3.30. The molecular formula is C17H14N2O3S2. The van der Waals surface area contributed by atoms with E-state index in [1.165, 1.54) is 11.3 Å². The zero-order valence-corrected chi connectivity index (χ0v) is 14.2. The Balaban J connectivity index is 1.74. The molecule has 0 fully saturated rings. The molecule has 122 valence electrons. The Kier molecular flexibility index (Phi) is 5.35. The van der Waals surface area contributed by atoms with Gasteiger partial charge in [0.1, 0.15) is 4.88 Å². The molecule has 5 nitrogen and oxygen atoms in total. The lowest BCUT2D eigenvalue weighted by Crippen LogP contribution is -2.31. The largest absolute Gasteiger partial charge is 0.443 e. The van der Waals surface area contributed by atoms with E-state index in [1.807, 2.05) is 17.5 Å². The third-order valence-electron chi connectivity index (χ3n) is 3.21. The van der Waals surface area contributed by atoms with Crippen LogP contribution >= 0.6 is 22.7 Å². The Morgan fingerprint density at radius 2 is 1.83 bits per heavy atom. The standard InChI is InChI=1S/C17H14N2O3S2/c20-16(19-11-13-3-1-9-23-13)15(12-5-7-18-8-6-12)22-17(21)14-4-2-10-24-14/h1-10,15H,11H2,(H,19,20)/t15-/m0/s1. The van der Waals surface area contributed by atoms with E-state index in [2.05, 4.69) is 10.3 Å². The normalized spacial score (nSPS) is 11.7. The highest BCUT2D eigenvalue weighted by molar-refractivity contribution is 7.12. The molecule has 0 aliphatic carbocycles. The summed E-state index contributed by atoms with van der Waals surface area (Å²) in [4.78, 5) is 30.2. The molecule has 3 heterocycles. The number of carbonyl (C=O) groups excluding carboxylic acids is 2. The van der Waals surface area contributed by atoms with E-state index in [0.29, 0.717) is 17.0 Å². The predicted molar refractivity (Wildman–Crippen MR) is 92.9 cm³/mol. The summed E-state index contributed by atoms with van der Waals surface area (Å²) >= 11 is 2.83. The highest BCUT2D eigenvalue weighted by Crippen LogP contribution is 2.21. The van der Waals surface area contributed by atoms with Crippen molar-refractivity contribution in [2.45, 2.75) is 12.6 Å². The molecule has 3 rings (SSSR count). The summed E-state index contributed by atoms with van der Waals surface area (Å²) in [5.41, 5.74) is 0.582. The van der Waals surface area contributed by atoms with Gasteiger partial charge in [0.2, 0.25) is 6.10 Å². The predicted octanol–water partition coefficient (Wildman–Crippen LogP) is 3.42. The summed E-state index contributed by atoms with van der Waals surface area (Å²) in [5, 5.41) is 6.54. The van der Waals surface area contributed by atoms with Gasteiger partial charge in [-0.3, -0.25) is 9.78 Å². The molecule has 0 aliphatic rings. The summed E-state index contributed by atoms with van der Waals surface area (Å²) in [6, 6.07) is 10.6. The van der Waals surface area contributed by atoms with Crippen LogP contribution in [0.1, 0.15) is 26.2 Å². The first-order chi connectivity index (χ1) is 11.7. The van der Waals surface area contributed by atoms with Crippen LogP contribution in [-0.4, -0.2) is 16.9 Å². The summed E-state index contributed by atoms with van der Waals surface area (Å²) < 4.78 is 5.45. The maximum Gasteiger partial charge on any atom is 0.349 e. The van der Waals surface area contributed by atoms with Crippen molar-refractivity contribution >= 4 is 34.6 Å². The fraction of sp³-hybridized carbons (Fsp3) is 0.118. The first-order valence-corrected chi connectivity index (χ1v) is 8.94. The molecule has 1 N–H and O–H groups in total. The number of thiophene rings is 2. The Morgan fingerprint density at radius 3 is 2.50 bits per heavy atom. The van der Waals surface area contributed by atoms with E-state index < -0.39 is 12.1 Å². The van der Waals surface area contributed by atoms with Crippen molar-refractivity contribution in [1.82, 2.24) is 10.3 Å². The molecule has 0 spiro atoms. The Morgan fingerprint density at radius 1 is 1.08 bits per heavy atom. The van der Waals surface area contributed by atoms with Gasteiger partial charge in [-0.2, -0.15) is 0 Å². The summed E-state index contributed by atoms with van der Waals surface area (Å²) in [7, 11) is 0. The molecule has 1 amide bonds. The third kappa shape index (κ3) is 4.06. The van der Waals surface area contributed by atoms with Crippen LogP contribution in [0.5, 0.6) is 0 Å².